The van der Waals surface area contributed by atoms with E-state index in [1.54, 1.807) is 0 Å². The van der Waals surface area contributed by atoms with Crippen LogP contribution >= 0.6 is 11.8 Å². The molecule has 0 unspecified atom stereocenters. The van der Waals surface area contributed by atoms with Crippen LogP contribution in [0, 0.1) is 5.92 Å². The van der Waals surface area contributed by atoms with Gasteiger partial charge in [-0.25, -0.2) is 9.97 Å². The fraction of sp³-hybridized carbons (Fsp3) is 0.750. The Morgan fingerprint density at radius 3 is 2.26 bits per heavy atom. The van der Waals surface area contributed by atoms with Crippen molar-refractivity contribution in [2.45, 2.75) is 51.0 Å². The number of carbonyl (C=O) groups excluding carboxylic acids is 1. The maximum Gasteiger partial charge on any atom is 0.225 e. The molecule has 1 N–H and O–H groups in total. The summed E-state index contributed by atoms with van der Waals surface area (Å²) < 4.78 is 0. The standard InChI is InChI=1S/C20H31N5OS/c26-19(23-17-4-2-1-3-5-17)16-6-8-24(9-7-16)18-14-21-20(22-15-18)25-10-12-27-13-11-25/h14-17H,1-13H2,(H,23,26). The number of thioether (sulfide) groups is 1. The predicted octanol–water partition coefficient (Wildman–Crippen LogP) is 2.70. The Balaban J connectivity index is 1.26. The molecule has 27 heavy (non-hydrogen) atoms. The van der Waals surface area contributed by atoms with Gasteiger partial charge in [-0.1, -0.05) is 19.3 Å². The third kappa shape index (κ3) is 4.86. The van der Waals surface area contributed by atoms with Gasteiger partial charge < -0.3 is 15.1 Å². The van der Waals surface area contributed by atoms with Gasteiger partial charge in [-0.05, 0) is 25.7 Å². The molecule has 1 aliphatic carbocycles. The highest BCUT2D eigenvalue weighted by atomic mass is 32.2. The van der Waals surface area contributed by atoms with Crippen LogP contribution in [0.5, 0.6) is 0 Å². The second-order valence-corrected chi connectivity index (χ2v) is 9.17. The normalized spacial score (nSPS) is 22.7. The van der Waals surface area contributed by atoms with Crippen LogP contribution in [-0.4, -0.2) is 59.6 Å². The molecule has 148 valence electrons. The summed E-state index contributed by atoms with van der Waals surface area (Å²) in [5, 5.41) is 3.30. The van der Waals surface area contributed by atoms with Crippen molar-refractivity contribution in [1.82, 2.24) is 15.3 Å². The van der Waals surface area contributed by atoms with E-state index in [2.05, 4.69) is 25.1 Å². The van der Waals surface area contributed by atoms with Crippen molar-refractivity contribution in [3.8, 4) is 0 Å². The molecule has 1 amide bonds. The first-order valence-electron chi connectivity index (χ1n) is 10.5. The van der Waals surface area contributed by atoms with E-state index in [0.717, 1.165) is 75.0 Å². The molecule has 6 nitrogen and oxygen atoms in total. The minimum Gasteiger partial charge on any atom is -0.369 e. The van der Waals surface area contributed by atoms with Gasteiger partial charge in [-0.15, -0.1) is 0 Å². The predicted molar refractivity (Wildman–Crippen MR) is 112 cm³/mol. The first-order valence-corrected chi connectivity index (χ1v) is 11.6. The summed E-state index contributed by atoms with van der Waals surface area (Å²) in [6.45, 7) is 3.88. The lowest BCUT2D eigenvalue weighted by atomic mass is 9.92. The summed E-state index contributed by atoms with van der Waals surface area (Å²) in [6, 6.07) is 0.415. The van der Waals surface area contributed by atoms with E-state index in [0.29, 0.717) is 6.04 Å². The topological polar surface area (TPSA) is 61.4 Å². The lowest BCUT2D eigenvalue weighted by Gasteiger charge is -2.34. The van der Waals surface area contributed by atoms with Gasteiger partial charge in [-0.2, -0.15) is 11.8 Å². The number of hydrogen-bond donors (Lipinski definition) is 1. The van der Waals surface area contributed by atoms with Crippen LogP contribution in [0.2, 0.25) is 0 Å². The van der Waals surface area contributed by atoms with Crippen molar-refractivity contribution in [3.05, 3.63) is 12.4 Å². The van der Waals surface area contributed by atoms with Gasteiger partial charge in [0.2, 0.25) is 11.9 Å². The number of rotatable bonds is 4. The number of amides is 1. The Kier molecular flexibility index (Phi) is 6.37. The highest BCUT2D eigenvalue weighted by molar-refractivity contribution is 7.99. The molecule has 0 bridgehead atoms. The van der Waals surface area contributed by atoms with Gasteiger partial charge in [0, 0.05) is 49.6 Å². The zero-order valence-corrected chi connectivity index (χ0v) is 16.9. The number of hydrogen-bond acceptors (Lipinski definition) is 6. The van der Waals surface area contributed by atoms with Crippen molar-refractivity contribution >= 4 is 29.3 Å². The maximum atomic E-state index is 12.6. The zero-order chi connectivity index (χ0) is 18.5. The molecule has 2 saturated heterocycles. The highest BCUT2D eigenvalue weighted by Gasteiger charge is 2.27. The van der Waals surface area contributed by atoms with Crippen molar-refractivity contribution in [3.63, 3.8) is 0 Å². The smallest absolute Gasteiger partial charge is 0.225 e. The molecule has 3 fully saturated rings. The van der Waals surface area contributed by atoms with Crippen LogP contribution in [0.1, 0.15) is 44.9 Å². The van der Waals surface area contributed by atoms with Gasteiger partial charge in [0.1, 0.15) is 0 Å². The monoisotopic (exact) mass is 389 g/mol. The number of anilines is 2. The Bertz CT molecular complexity index is 605. The molecule has 1 aromatic heterocycles. The summed E-state index contributed by atoms with van der Waals surface area (Å²) in [5.41, 5.74) is 1.08. The average molecular weight is 390 g/mol. The third-order valence-electron chi connectivity index (χ3n) is 6.10. The molecule has 1 aromatic rings. The number of nitrogens with one attached hydrogen (secondary N) is 1. The molecule has 0 aromatic carbocycles. The quantitative estimate of drug-likeness (QED) is 0.854. The Morgan fingerprint density at radius 2 is 1.59 bits per heavy atom. The van der Waals surface area contributed by atoms with Gasteiger partial charge >= 0.3 is 0 Å². The summed E-state index contributed by atoms with van der Waals surface area (Å²) in [4.78, 5) is 26.3. The molecule has 3 aliphatic rings. The molecule has 0 radical (unpaired) electrons. The van der Waals surface area contributed by atoms with Crippen molar-refractivity contribution in [2.75, 3.05) is 47.5 Å². The van der Waals surface area contributed by atoms with Crippen molar-refractivity contribution < 1.29 is 4.79 Å². The van der Waals surface area contributed by atoms with Gasteiger partial charge in [0.15, 0.2) is 0 Å². The number of carbonyl (C=O) groups is 1. The van der Waals surface area contributed by atoms with E-state index in [1.165, 1.54) is 19.3 Å². The van der Waals surface area contributed by atoms with E-state index in [1.807, 2.05) is 24.2 Å². The van der Waals surface area contributed by atoms with Crippen LogP contribution in [0.15, 0.2) is 12.4 Å². The van der Waals surface area contributed by atoms with Crippen LogP contribution in [-0.2, 0) is 4.79 Å². The number of nitrogens with zero attached hydrogens (tertiary/aromatic N) is 4. The van der Waals surface area contributed by atoms with E-state index in [4.69, 9.17) is 0 Å². The lowest BCUT2D eigenvalue weighted by molar-refractivity contribution is -0.126. The summed E-state index contributed by atoms with van der Waals surface area (Å²) in [5.74, 6) is 3.59. The second kappa shape index (κ2) is 9.13. The van der Waals surface area contributed by atoms with Crippen LogP contribution < -0.4 is 15.1 Å². The molecule has 2 aliphatic heterocycles. The largest absolute Gasteiger partial charge is 0.369 e. The number of piperidine rings is 1. The number of aromatic nitrogens is 2. The minimum atomic E-state index is 0.161. The molecule has 0 atom stereocenters. The molecule has 4 rings (SSSR count). The van der Waals surface area contributed by atoms with E-state index in [-0.39, 0.29) is 11.8 Å². The molecule has 0 spiro atoms. The van der Waals surface area contributed by atoms with Crippen molar-refractivity contribution in [2.24, 2.45) is 5.92 Å². The van der Waals surface area contributed by atoms with Crippen LogP contribution in [0.25, 0.3) is 0 Å². The fourth-order valence-electron chi connectivity index (χ4n) is 4.37. The molecular formula is C20H31N5OS. The second-order valence-electron chi connectivity index (χ2n) is 7.95. The van der Waals surface area contributed by atoms with Crippen LogP contribution in [0.4, 0.5) is 11.6 Å². The first-order chi connectivity index (χ1) is 13.3. The molecule has 1 saturated carbocycles. The third-order valence-corrected chi connectivity index (χ3v) is 7.04. The van der Waals surface area contributed by atoms with E-state index in [9.17, 15) is 4.79 Å². The molecule has 7 heteroatoms. The Morgan fingerprint density at radius 1 is 0.926 bits per heavy atom. The van der Waals surface area contributed by atoms with Gasteiger partial charge in [0.05, 0.1) is 18.1 Å². The lowest BCUT2D eigenvalue weighted by Crippen LogP contribution is -2.44. The molecule has 3 heterocycles. The maximum absolute atomic E-state index is 12.6. The van der Waals surface area contributed by atoms with E-state index < -0.39 is 0 Å². The average Bonchev–Trinajstić information content (AvgIpc) is 2.75. The first kappa shape index (κ1) is 18.8. The summed E-state index contributed by atoms with van der Waals surface area (Å²) in [7, 11) is 0. The van der Waals surface area contributed by atoms with Gasteiger partial charge in [-0.3, -0.25) is 4.79 Å². The Hall–Kier alpha value is -1.50. The Labute approximate surface area is 166 Å². The van der Waals surface area contributed by atoms with Gasteiger partial charge in [0.25, 0.3) is 0 Å². The summed E-state index contributed by atoms with van der Waals surface area (Å²) >= 11 is 1.99. The zero-order valence-electron chi connectivity index (χ0n) is 16.1. The molecular weight excluding hydrogens is 358 g/mol. The van der Waals surface area contributed by atoms with Crippen molar-refractivity contribution in [1.29, 1.82) is 0 Å². The minimum absolute atomic E-state index is 0.161. The summed E-state index contributed by atoms with van der Waals surface area (Å²) in [6.07, 6.45) is 11.9. The van der Waals surface area contributed by atoms with Crippen LogP contribution in [0.3, 0.4) is 0 Å². The SMILES string of the molecule is O=C(NC1CCCCC1)C1CCN(c2cnc(N3CCSCC3)nc2)CC1. The van der Waals surface area contributed by atoms with E-state index >= 15 is 0 Å². The highest BCUT2D eigenvalue weighted by Crippen LogP contribution is 2.25. The fourth-order valence-corrected chi connectivity index (χ4v) is 5.27.